The van der Waals surface area contributed by atoms with E-state index in [0.717, 1.165) is 50.8 Å². The molecule has 0 saturated carbocycles. The van der Waals surface area contributed by atoms with Gasteiger partial charge in [0.15, 0.2) is 0 Å². The highest BCUT2D eigenvalue weighted by Gasteiger charge is 2.39. The van der Waals surface area contributed by atoms with Gasteiger partial charge in [-0.15, -0.1) is 0 Å². The molecule has 0 radical (unpaired) electrons. The number of hydrogen-bond acceptors (Lipinski definition) is 3. The topological polar surface area (TPSA) is 41.5 Å². The molecule has 0 aliphatic carbocycles. The molecule has 4 heteroatoms. The lowest BCUT2D eigenvalue weighted by Crippen LogP contribution is -2.46. The number of aromatic hydroxyl groups is 1. The summed E-state index contributed by atoms with van der Waals surface area (Å²) in [7, 11) is 0. The van der Waals surface area contributed by atoms with Crippen LogP contribution in [0.1, 0.15) is 43.7 Å². The first-order chi connectivity index (χ1) is 13.1. The zero-order valence-electron chi connectivity index (χ0n) is 16.1. The van der Waals surface area contributed by atoms with Crippen LogP contribution in [0.2, 0.25) is 0 Å². The van der Waals surface area contributed by atoms with Crippen LogP contribution in [0.25, 0.3) is 0 Å². The van der Waals surface area contributed by atoms with Crippen LogP contribution < -0.4 is 5.32 Å². The minimum atomic E-state index is -0.186. The Kier molecular flexibility index (Phi) is 6.86. The van der Waals surface area contributed by atoms with Crippen molar-refractivity contribution in [3.8, 4) is 5.75 Å². The fraction of sp³-hybridized carbons (Fsp3) is 0.478. The summed E-state index contributed by atoms with van der Waals surface area (Å²) < 4.78 is 19.5. The largest absolute Gasteiger partial charge is 0.508 e. The number of benzene rings is 2. The fourth-order valence-corrected chi connectivity index (χ4v) is 4.21. The van der Waals surface area contributed by atoms with Crippen molar-refractivity contribution in [1.29, 1.82) is 0 Å². The van der Waals surface area contributed by atoms with Gasteiger partial charge in [0, 0.05) is 18.7 Å². The molecule has 1 aliphatic heterocycles. The van der Waals surface area contributed by atoms with Gasteiger partial charge in [0.05, 0.1) is 5.60 Å². The van der Waals surface area contributed by atoms with Gasteiger partial charge in [-0.1, -0.05) is 37.3 Å². The summed E-state index contributed by atoms with van der Waals surface area (Å²) in [6.45, 7) is 4.50. The van der Waals surface area contributed by atoms with Crippen LogP contribution in [0.3, 0.4) is 0 Å². The van der Waals surface area contributed by atoms with E-state index in [1.807, 2.05) is 30.3 Å². The van der Waals surface area contributed by atoms with Crippen LogP contribution in [0, 0.1) is 11.7 Å². The maximum Gasteiger partial charge on any atom is 0.123 e. The SMILES string of the molecule is CCC1(CCNCc2ccccc2O)OCCCC1Cc1ccc(F)cc1. The maximum absolute atomic E-state index is 13.2. The molecule has 3 rings (SSSR count). The summed E-state index contributed by atoms with van der Waals surface area (Å²) in [6.07, 6.45) is 5.05. The predicted octanol–water partition coefficient (Wildman–Crippen LogP) is 4.83. The molecule has 3 nitrogen and oxygen atoms in total. The van der Waals surface area contributed by atoms with Crippen LogP contribution >= 0.6 is 0 Å². The minimum absolute atomic E-state index is 0.141. The molecule has 0 spiro atoms. The highest BCUT2D eigenvalue weighted by atomic mass is 19.1. The molecular weight excluding hydrogens is 341 g/mol. The molecule has 2 unspecified atom stereocenters. The van der Waals surface area contributed by atoms with E-state index in [4.69, 9.17) is 4.74 Å². The number of para-hydroxylation sites is 1. The van der Waals surface area contributed by atoms with Crippen molar-refractivity contribution in [3.05, 3.63) is 65.5 Å². The number of halogens is 1. The Hall–Kier alpha value is -1.91. The first kappa shape index (κ1) is 19.8. The van der Waals surface area contributed by atoms with Gasteiger partial charge in [0.2, 0.25) is 0 Å². The highest BCUT2D eigenvalue weighted by molar-refractivity contribution is 5.31. The Morgan fingerprint density at radius 2 is 1.96 bits per heavy atom. The van der Waals surface area contributed by atoms with Crippen LogP contribution in [0.5, 0.6) is 5.75 Å². The molecule has 0 bridgehead atoms. The first-order valence-corrected chi connectivity index (χ1v) is 9.99. The van der Waals surface area contributed by atoms with Crippen molar-refractivity contribution in [1.82, 2.24) is 5.32 Å². The molecule has 2 aromatic rings. The maximum atomic E-state index is 13.2. The Morgan fingerprint density at radius 3 is 2.70 bits per heavy atom. The van der Waals surface area contributed by atoms with Gasteiger partial charge >= 0.3 is 0 Å². The summed E-state index contributed by atoms with van der Waals surface area (Å²) >= 11 is 0. The summed E-state index contributed by atoms with van der Waals surface area (Å²) in [5.74, 6) is 0.584. The van der Waals surface area contributed by atoms with Crippen LogP contribution in [-0.4, -0.2) is 23.9 Å². The zero-order valence-corrected chi connectivity index (χ0v) is 16.1. The number of phenols is 1. The minimum Gasteiger partial charge on any atom is -0.508 e. The second-order valence-electron chi connectivity index (χ2n) is 7.49. The quantitative estimate of drug-likeness (QED) is 0.653. The van der Waals surface area contributed by atoms with E-state index < -0.39 is 0 Å². The molecule has 0 amide bonds. The summed E-state index contributed by atoms with van der Waals surface area (Å²) in [5, 5.41) is 13.3. The molecule has 2 atom stereocenters. The lowest BCUT2D eigenvalue weighted by atomic mass is 9.74. The van der Waals surface area contributed by atoms with Gasteiger partial charge < -0.3 is 15.2 Å². The average Bonchev–Trinajstić information content (AvgIpc) is 2.69. The third-order valence-corrected chi connectivity index (χ3v) is 5.86. The summed E-state index contributed by atoms with van der Waals surface area (Å²) in [4.78, 5) is 0. The third-order valence-electron chi connectivity index (χ3n) is 5.86. The van der Waals surface area contributed by atoms with Gasteiger partial charge in [-0.25, -0.2) is 4.39 Å². The number of nitrogens with one attached hydrogen (secondary N) is 1. The molecule has 0 aromatic heterocycles. The Labute approximate surface area is 161 Å². The Morgan fingerprint density at radius 1 is 1.19 bits per heavy atom. The molecule has 1 fully saturated rings. The zero-order chi connectivity index (χ0) is 19.1. The second-order valence-corrected chi connectivity index (χ2v) is 7.49. The van der Waals surface area contributed by atoms with E-state index in [2.05, 4.69) is 12.2 Å². The smallest absolute Gasteiger partial charge is 0.123 e. The fourth-order valence-electron chi connectivity index (χ4n) is 4.21. The van der Waals surface area contributed by atoms with Crippen LogP contribution in [0.4, 0.5) is 4.39 Å². The normalized spacial score (nSPS) is 22.7. The van der Waals surface area contributed by atoms with Crippen LogP contribution in [0.15, 0.2) is 48.5 Å². The lowest BCUT2D eigenvalue weighted by Gasteiger charge is -2.44. The monoisotopic (exact) mass is 371 g/mol. The predicted molar refractivity (Wildman–Crippen MR) is 106 cm³/mol. The molecular formula is C23H30FNO2. The highest BCUT2D eigenvalue weighted by Crippen LogP contribution is 2.39. The van der Waals surface area contributed by atoms with Crippen molar-refractivity contribution >= 4 is 0 Å². The standard InChI is InChI=1S/C23H30FNO2/c1-2-23(13-14-25-17-19-6-3-4-8-22(19)26)20(7-5-15-27-23)16-18-9-11-21(24)12-10-18/h3-4,6,8-12,20,25-26H,2,5,7,13-17H2,1H3. The average molecular weight is 371 g/mol. The molecule has 146 valence electrons. The van der Waals surface area contributed by atoms with E-state index >= 15 is 0 Å². The van der Waals surface area contributed by atoms with Crippen LogP contribution in [-0.2, 0) is 17.7 Å². The molecule has 27 heavy (non-hydrogen) atoms. The Bertz CT molecular complexity index is 719. The Balaban J connectivity index is 1.60. The first-order valence-electron chi connectivity index (χ1n) is 9.99. The number of ether oxygens (including phenoxy) is 1. The van der Waals surface area contributed by atoms with Gasteiger partial charge in [-0.05, 0) is 68.3 Å². The molecule has 2 aromatic carbocycles. The lowest BCUT2D eigenvalue weighted by molar-refractivity contribution is -0.125. The summed E-state index contributed by atoms with van der Waals surface area (Å²) in [6, 6.07) is 14.3. The van der Waals surface area contributed by atoms with Gasteiger partial charge in [-0.2, -0.15) is 0 Å². The number of hydrogen-bond donors (Lipinski definition) is 2. The van der Waals surface area contributed by atoms with Crippen molar-refractivity contribution in [2.75, 3.05) is 13.2 Å². The van der Waals surface area contributed by atoms with Gasteiger partial charge in [0.1, 0.15) is 11.6 Å². The van der Waals surface area contributed by atoms with E-state index in [-0.39, 0.29) is 11.4 Å². The van der Waals surface area contributed by atoms with E-state index in [1.54, 1.807) is 18.2 Å². The van der Waals surface area contributed by atoms with Gasteiger partial charge in [-0.3, -0.25) is 0 Å². The van der Waals surface area contributed by atoms with E-state index in [1.165, 1.54) is 5.56 Å². The third kappa shape index (κ3) is 5.08. The van der Waals surface area contributed by atoms with Crippen molar-refractivity contribution in [2.24, 2.45) is 5.92 Å². The number of rotatable bonds is 8. The van der Waals surface area contributed by atoms with E-state index in [9.17, 15) is 9.50 Å². The summed E-state index contributed by atoms with van der Waals surface area (Å²) in [5.41, 5.74) is 1.95. The van der Waals surface area contributed by atoms with E-state index in [0.29, 0.717) is 18.2 Å². The molecule has 1 saturated heterocycles. The number of phenolic OH excluding ortho intramolecular Hbond substituents is 1. The van der Waals surface area contributed by atoms with Crippen molar-refractivity contribution < 1.29 is 14.2 Å². The van der Waals surface area contributed by atoms with Crippen molar-refractivity contribution in [2.45, 2.75) is 51.2 Å². The molecule has 1 heterocycles. The van der Waals surface area contributed by atoms with Crippen molar-refractivity contribution in [3.63, 3.8) is 0 Å². The second kappa shape index (κ2) is 9.34. The molecule has 2 N–H and O–H groups in total. The van der Waals surface area contributed by atoms with Gasteiger partial charge in [0.25, 0.3) is 0 Å². The molecule has 1 aliphatic rings.